The molecular weight excluding hydrogens is 262 g/mol. The Hall–Kier alpha value is -2.15. The van der Waals surface area contributed by atoms with Crippen LogP contribution in [0.15, 0.2) is 39.6 Å². The number of hydrazone groups is 1. The third-order valence-corrected chi connectivity index (χ3v) is 2.80. The first kappa shape index (κ1) is 13.3. The van der Waals surface area contributed by atoms with Crippen LogP contribution >= 0.6 is 12.2 Å². The molecule has 0 aromatic heterocycles. The Balaban J connectivity index is 2.16. The van der Waals surface area contributed by atoms with E-state index in [4.69, 9.17) is 18.0 Å². The van der Waals surface area contributed by atoms with Gasteiger partial charge in [-0.2, -0.15) is 20.3 Å². The van der Waals surface area contributed by atoms with Crippen LogP contribution in [0.5, 0.6) is 0 Å². The van der Waals surface area contributed by atoms with Crippen LogP contribution in [0, 0.1) is 6.92 Å². The lowest BCUT2D eigenvalue weighted by Crippen LogP contribution is -2.37. The van der Waals surface area contributed by atoms with Crippen molar-refractivity contribution in [3.63, 3.8) is 0 Å². The summed E-state index contributed by atoms with van der Waals surface area (Å²) in [6.45, 7) is 3.67. The number of aryl methyl sites for hydroxylation is 1. The fourth-order valence-corrected chi connectivity index (χ4v) is 1.71. The van der Waals surface area contributed by atoms with Crippen LogP contribution in [0.3, 0.4) is 0 Å². The Morgan fingerprint density at radius 1 is 1.37 bits per heavy atom. The highest BCUT2D eigenvalue weighted by Gasteiger charge is 2.35. The second kappa shape index (κ2) is 5.23. The molecule has 0 spiro atoms. The molecule has 0 aliphatic carbocycles. The molecule has 1 aromatic carbocycles. The number of carbonyl (C=O) groups is 1. The molecule has 6 nitrogen and oxygen atoms in total. The van der Waals surface area contributed by atoms with E-state index in [9.17, 15) is 4.79 Å². The molecule has 0 saturated heterocycles. The van der Waals surface area contributed by atoms with Crippen molar-refractivity contribution >= 4 is 34.6 Å². The van der Waals surface area contributed by atoms with Crippen molar-refractivity contribution in [2.24, 2.45) is 21.1 Å². The van der Waals surface area contributed by atoms with Crippen molar-refractivity contribution in [2.75, 3.05) is 0 Å². The van der Waals surface area contributed by atoms with E-state index in [0.29, 0.717) is 11.4 Å². The summed E-state index contributed by atoms with van der Waals surface area (Å²) in [6, 6.07) is 6.76. The Morgan fingerprint density at radius 2 is 2.00 bits per heavy atom. The molecule has 0 bridgehead atoms. The lowest BCUT2D eigenvalue weighted by atomic mass is 10.2. The lowest BCUT2D eigenvalue weighted by Gasteiger charge is -2.08. The largest absolute Gasteiger partial charge is 0.374 e. The normalized spacial score (nSPS) is 19.1. The Kier molecular flexibility index (Phi) is 3.66. The molecule has 1 heterocycles. The van der Waals surface area contributed by atoms with Gasteiger partial charge in [-0.3, -0.25) is 4.79 Å². The fourth-order valence-electron chi connectivity index (χ4n) is 1.58. The van der Waals surface area contributed by atoms with E-state index in [-0.39, 0.29) is 11.0 Å². The second-order valence-corrected chi connectivity index (χ2v) is 4.60. The van der Waals surface area contributed by atoms with E-state index in [0.717, 1.165) is 10.6 Å². The van der Waals surface area contributed by atoms with Crippen molar-refractivity contribution in [3.8, 4) is 0 Å². The van der Waals surface area contributed by atoms with E-state index in [2.05, 4.69) is 15.3 Å². The summed E-state index contributed by atoms with van der Waals surface area (Å²) < 4.78 is 0. The van der Waals surface area contributed by atoms with E-state index < -0.39 is 6.04 Å². The molecule has 2 rings (SSSR count). The van der Waals surface area contributed by atoms with Gasteiger partial charge in [-0.25, -0.2) is 0 Å². The van der Waals surface area contributed by atoms with E-state index in [1.165, 1.54) is 0 Å². The standard InChI is InChI=1S/C12H13N5OS/c1-7-3-5-9(6-4-7)14-15-10-8(2)16-17(11(10)18)12(13)19/h3-6,10H,1-2H3,(H2,13,19). The van der Waals surface area contributed by atoms with E-state index in [1.807, 2.05) is 31.2 Å². The zero-order valence-corrected chi connectivity index (χ0v) is 11.4. The molecule has 98 valence electrons. The maximum Gasteiger partial charge on any atom is 0.282 e. The minimum Gasteiger partial charge on any atom is -0.374 e. The molecule has 1 aromatic rings. The second-order valence-electron chi connectivity index (χ2n) is 4.18. The SMILES string of the molecule is CC1=NN(C(N)=S)C(=O)C1N=Nc1ccc(C)cc1. The molecule has 1 aliphatic rings. The van der Waals surface area contributed by atoms with Crippen LogP contribution < -0.4 is 5.73 Å². The van der Waals surface area contributed by atoms with E-state index in [1.54, 1.807) is 6.92 Å². The molecule has 7 heteroatoms. The first-order valence-electron chi connectivity index (χ1n) is 5.65. The molecule has 1 amide bonds. The highest BCUT2D eigenvalue weighted by atomic mass is 32.1. The Labute approximate surface area is 116 Å². The highest BCUT2D eigenvalue weighted by molar-refractivity contribution is 7.80. The van der Waals surface area contributed by atoms with Gasteiger partial charge in [0.15, 0.2) is 11.2 Å². The maximum atomic E-state index is 11.9. The molecular formula is C12H13N5OS. The van der Waals surface area contributed by atoms with Crippen LogP contribution in [0.2, 0.25) is 0 Å². The zero-order valence-electron chi connectivity index (χ0n) is 10.6. The predicted octanol–water partition coefficient (Wildman–Crippen LogP) is 1.91. The molecule has 1 aliphatic heterocycles. The van der Waals surface area contributed by atoms with E-state index >= 15 is 0 Å². The summed E-state index contributed by atoms with van der Waals surface area (Å²) >= 11 is 4.73. The molecule has 1 unspecified atom stereocenters. The summed E-state index contributed by atoms with van der Waals surface area (Å²) in [6.07, 6.45) is 0. The molecule has 0 radical (unpaired) electrons. The monoisotopic (exact) mass is 275 g/mol. The minimum absolute atomic E-state index is 0.0858. The number of rotatable bonds is 2. The number of nitrogens with zero attached hydrogens (tertiary/aromatic N) is 4. The van der Waals surface area contributed by atoms with Crippen molar-refractivity contribution < 1.29 is 4.79 Å². The number of azo groups is 1. The minimum atomic E-state index is -0.747. The molecule has 19 heavy (non-hydrogen) atoms. The third kappa shape index (κ3) is 2.82. The summed E-state index contributed by atoms with van der Waals surface area (Å²) in [5.74, 6) is -0.374. The van der Waals surface area contributed by atoms with Gasteiger partial charge in [0.2, 0.25) is 0 Å². The number of benzene rings is 1. The number of amides is 1. The van der Waals surface area contributed by atoms with Crippen LogP contribution in [-0.4, -0.2) is 27.8 Å². The first-order valence-corrected chi connectivity index (χ1v) is 6.06. The summed E-state index contributed by atoms with van der Waals surface area (Å²) in [7, 11) is 0. The number of hydrogen-bond donors (Lipinski definition) is 1. The maximum absolute atomic E-state index is 11.9. The van der Waals surface area contributed by atoms with Crippen molar-refractivity contribution in [1.29, 1.82) is 0 Å². The smallest absolute Gasteiger partial charge is 0.282 e. The highest BCUT2D eigenvalue weighted by Crippen LogP contribution is 2.17. The first-order chi connectivity index (χ1) is 8.99. The number of thiocarbonyl (C=S) groups is 1. The van der Waals surface area contributed by atoms with Gasteiger partial charge >= 0.3 is 0 Å². The van der Waals surface area contributed by atoms with Gasteiger partial charge in [-0.1, -0.05) is 17.7 Å². The van der Waals surface area contributed by atoms with Gasteiger partial charge in [0.25, 0.3) is 5.91 Å². The quantitative estimate of drug-likeness (QED) is 0.661. The summed E-state index contributed by atoms with van der Waals surface area (Å²) in [5.41, 5.74) is 7.73. The van der Waals surface area contributed by atoms with Crippen LogP contribution in [0.4, 0.5) is 5.69 Å². The van der Waals surface area contributed by atoms with Gasteiger partial charge < -0.3 is 5.73 Å². The van der Waals surface area contributed by atoms with Gasteiger partial charge in [-0.05, 0) is 38.2 Å². The predicted molar refractivity (Wildman–Crippen MR) is 76.2 cm³/mol. The molecule has 0 fully saturated rings. The average Bonchev–Trinajstić information content (AvgIpc) is 2.65. The summed E-state index contributed by atoms with van der Waals surface area (Å²) in [4.78, 5) is 11.9. The van der Waals surface area contributed by atoms with Gasteiger partial charge in [0.05, 0.1) is 11.4 Å². The van der Waals surface area contributed by atoms with Gasteiger partial charge in [0.1, 0.15) is 0 Å². The fraction of sp³-hybridized carbons (Fsp3) is 0.250. The summed E-state index contributed by atoms with van der Waals surface area (Å²) in [5, 5.41) is 12.9. The van der Waals surface area contributed by atoms with Gasteiger partial charge in [0, 0.05) is 0 Å². The Bertz CT molecular complexity index is 578. The molecule has 2 N–H and O–H groups in total. The van der Waals surface area contributed by atoms with Crippen molar-refractivity contribution in [3.05, 3.63) is 29.8 Å². The number of carbonyl (C=O) groups excluding carboxylic acids is 1. The van der Waals surface area contributed by atoms with Crippen LogP contribution in [-0.2, 0) is 4.79 Å². The number of hydrogen-bond acceptors (Lipinski definition) is 5. The Morgan fingerprint density at radius 3 is 2.53 bits per heavy atom. The van der Waals surface area contributed by atoms with Gasteiger partial charge in [-0.15, -0.1) is 0 Å². The van der Waals surface area contributed by atoms with Crippen LogP contribution in [0.25, 0.3) is 0 Å². The zero-order chi connectivity index (χ0) is 14.0. The molecule has 0 saturated carbocycles. The van der Waals surface area contributed by atoms with Crippen molar-refractivity contribution in [1.82, 2.24) is 5.01 Å². The van der Waals surface area contributed by atoms with Crippen LogP contribution in [0.1, 0.15) is 12.5 Å². The number of nitrogens with two attached hydrogens (primary N) is 1. The molecule has 1 atom stereocenters. The topological polar surface area (TPSA) is 83.4 Å². The third-order valence-electron chi connectivity index (χ3n) is 2.63. The average molecular weight is 275 g/mol. The lowest BCUT2D eigenvalue weighted by molar-refractivity contribution is -0.126. The van der Waals surface area contributed by atoms with Crippen molar-refractivity contribution in [2.45, 2.75) is 19.9 Å².